The third-order valence-corrected chi connectivity index (χ3v) is 2.82. The first-order valence-corrected chi connectivity index (χ1v) is 5.60. The summed E-state index contributed by atoms with van der Waals surface area (Å²) in [6, 6.07) is 0. The van der Waals surface area contributed by atoms with Crippen LogP contribution < -0.4 is 0 Å². The summed E-state index contributed by atoms with van der Waals surface area (Å²) in [5, 5.41) is 0. The van der Waals surface area contributed by atoms with Crippen molar-refractivity contribution in [3.05, 3.63) is 47.0 Å². The molecule has 2 aliphatic rings. The molecular formula is C14H10O6. The van der Waals surface area contributed by atoms with Crippen LogP contribution in [0.3, 0.4) is 0 Å². The van der Waals surface area contributed by atoms with E-state index in [0.29, 0.717) is 0 Å². The monoisotopic (exact) mass is 274 g/mol. The van der Waals surface area contributed by atoms with Gasteiger partial charge in [0.25, 0.3) is 0 Å². The molecule has 0 aromatic carbocycles. The molecular weight excluding hydrogens is 264 g/mol. The van der Waals surface area contributed by atoms with Crippen LogP contribution in [0.1, 0.15) is 0 Å². The lowest BCUT2D eigenvalue weighted by molar-refractivity contribution is -0.118. The zero-order valence-corrected chi connectivity index (χ0v) is 10.8. The lowest BCUT2D eigenvalue weighted by Crippen LogP contribution is -2.22. The highest BCUT2D eigenvalue weighted by Gasteiger charge is 2.29. The van der Waals surface area contributed by atoms with Gasteiger partial charge in [0.2, 0.25) is 11.6 Å². The molecule has 0 unspecified atom stereocenters. The Hall–Kier alpha value is -2.76. The highest BCUT2D eigenvalue weighted by molar-refractivity contribution is 6.30. The van der Waals surface area contributed by atoms with Crippen LogP contribution in [0.2, 0.25) is 0 Å². The number of allylic oxidation sites excluding steroid dienone is 6. The molecule has 0 radical (unpaired) electrons. The summed E-state index contributed by atoms with van der Waals surface area (Å²) < 4.78 is 9.47. The standard InChI is InChI=1S/C14H10O6/c1-19-13-5-9(15)7(3-11(13)17)8-4-12(18)14(20-2)6-10(8)16/h3-6H,1-2H3. The number of rotatable bonds is 3. The molecule has 0 aromatic rings. The lowest BCUT2D eigenvalue weighted by Gasteiger charge is -2.15. The van der Waals surface area contributed by atoms with Gasteiger partial charge in [0.05, 0.1) is 14.2 Å². The molecule has 0 amide bonds. The second kappa shape index (κ2) is 5.08. The fourth-order valence-electron chi connectivity index (χ4n) is 1.82. The lowest BCUT2D eigenvalue weighted by atomic mass is 9.89. The molecule has 6 heteroatoms. The van der Waals surface area contributed by atoms with Crippen molar-refractivity contribution < 1.29 is 28.7 Å². The molecule has 0 N–H and O–H groups in total. The summed E-state index contributed by atoms with van der Waals surface area (Å²) in [6.07, 6.45) is 3.96. The number of ketones is 4. The van der Waals surface area contributed by atoms with E-state index in [9.17, 15) is 19.2 Å². The third-order valence-electron chi connectivity index (χ3n) is 2.82. The predicted molar refractivity (Wildman–Crippen MR) is 66.4 cm³/mol. The normalized spacial score (nSPS) is 19.1. The zero-order valence-electron chi connectivity index (χ0n) is 10.8. The van der Waals surface area contributed by atoms with E-state index in [2.05, 4.69) is 0 Å². The number of methoxy groups -OCH3 is 2. The maximum Gasteiger partial charge on any atom is 0.221 e. The van der Waals surface area contributed by atoms with Crippen LogP contribution in [0.25, 0.3) is 0 Å². The molecule has 2 aliphatic carbocycles. The first-order valence-electron chi connectivity index (χ1n) is 5.60. The van der Waals surface area contributed by atoms with Gasteiger partial charge >= 0.3 is 0 Å². The molecule has 0 saturated heterocycles. The molecule has 0 aromatic heterocycles. The van der Waals surface area contributed by atoms with Gasteiger partial charge in [-0.05, 0) is 0 Å². The number of carbonyl (C=O) groups excluding carboxylic acids is 4. The fourth-order valence-corrected chi connectivity index (χ4v) is 1.82. The average Bonchev–Trinajstić information content (AvgIpc) is 2.43. The van der Waals surface area contributed by atoms with E-state index in [1.165, 1.54) is 14.2 Å². The van der Waals surface area contributed by atoms with Crippen LogP contribution in [0, 0.1) is 0 Å². The first kappa shape index (κ1) is 13.7. The van der Waals surface area contributed by atoms with E-state index in [0.717, 1.165) is 24.3 Å². The van der Waals surface area contributed by atoms with Crippen LogP contribution in [0.4, 0.5) is 0 Å². The number of ether oxygens (including phenoxy) is 2. The van der Waals surface area contributed by atoms with Gasteiger partial charge in [-0.1, -0.05) is 0 Å². The summed E-state index contributed by atoms with van der Waals surface area (Å²) >= 11 is 0. The summed E-state index contributed by atoms with van der Waals surface area (Å²) in [7, 11) is 2.52. The highest BCUT2D eigenvalue weighted by Crippen LogP contribution is 2.24. The van der Waals surface area contributed by atoms with E-state index < -0.39 is 23.1 Å². The maximum atomic E-state index is 11.9. The molecule has 6 nitrogen and oxygen atoms in total. The van der Waals surface area contributed by atoms with Crippen LogP contribution in [0.5, 0.6) is 0 Å². The molecule has 20 heavy (non-hydrogen) atoms. The molecule has 0 atom stereocenters. The minimum absolute atomic E-state index is 0.109. The Morgan fingerprint density at radius 1 is 0.600 bits per heavy atom. The van der Waals surface area contributed by atoms with Crippen LogP contribution in [0.15, 0.2) is 47.0 Å². The second-order valence-corrected chi connectivity index (χ2v) is 4.00. The van der Waals surface area contributed by atoms with E-state index in [-0.39, 0.29) is 22.7 Å². The maximum absolute atomic E-state index is 11.9. The van der Waals surface area contributed by atoms with Gasteiger partial charge in [-0.25, -0.2) is 0 Å². The minimum atomic E-state index is -0.567. The van der Waals surface area contributed by atoms with E-state index in [1.54, 1.807) is 0 Å². The van der Waals surface area contributed by atoms with Crippen molar-refractivity contribution in [2.24, 2.45) is 0 Å². The van der Waals surface area contributed by atoms with Crippen LogP contribution in [-0.2, 0) is 28.7 Å². The Kier molecular flexibility index (Phi) is 3.47. The fraction of sp³-hybridized carbons (Fsp3) is 0.143. The Balaban J connectivity index is 2.40. The molecule has 0 bridgehead atoms. The van der Waals surface area contributed by atoms with E-state index in [1.807, 2.05) is 0 Å². The van der Waals surface area contributed by atoms with Gasteiger partial charge in [0, 0.05) is 35.5 Å². The summed E-state index contributed by atoms with van der Waals surface area (Å²) in [5.41, 5.74) is -0.249. The molecule has 0 fully saturated rings. The Morgan fingerprint density at radius 3 is 1.25 bits per heavy atom. The molecule has 0 saturated carbocycles. The van der Waals surface area contributed by atoms with Gasteiger partial charge in [-0.15, -0.1) is 0 Å². The largest absolute Gasteiger partial charge is 0.493 e. The Bertz CT molecular complexity index is 599. The average molecular weight is 274 g/mol. The van der Waals surface area contributed by atoms with E-state index in [4.69, 9.17) is 9.47 Å². The van der Waals surface area contributed by atoms with Crippen molar-refractivity contribution in [3.8, 4) is 0 Å². The smallest absolute Gasteiger partial charge is 0.221 e. The second-order valence-electron chi connectivity index (χ2n) is 4.00. The number of hydrogen-bond donors (Lipinski definition) is 0. The highest BCUT2D eigenvalue weighted by atomic mass is 16.5. The third kappa shape index (κ3) is 2.23. The summed E-state index contributed by atoms with van der Waals surface area (Å²) in [6.45, 7) is 0. The number of hydrogen-bond acceptors (Lipinski definition) is 6. The first-order chi connectivity index (χ1) is 9.47. The summed E-state index contributed by atoms with van der Waals surface area (Å²) in [5.74, 6) is -2.43. The van der Waals surface area contributed by atoms with Crippen molar-refractivity contribution in [2.45, 2.75) is 0 Å². The van der Waals surface area contributed by atoms with Gasteiger partial charge in [-0.2, -0.15) is 0 Å². The molecule has 0 spiro atoms. The quantitative estimate of drug-likeness (QED) is 0.683. The van der Waals surface area contributed by atoms with Crippen molar-refractivity contribution in [1.29, 1.82) is 0 Å². The Morgan fingerprint density at radius 2 is 0.950 bits per heavy atom. The number of carbonyl (C=O) groups is 4. The van der Waals surface area contributed by atoms with Crippen molar-refractivity contribution >= 4 is 23.1 Å². The van der Waals surface area contributed by atoms with Crippen LogP contribution in [-0.4, -0.2) is 37.4 Å². The van der Waals surface area contributed by atoms with Crippen LogP contribution >= 0.6 is 0 Å². The SMILES string of the molecule is COC1=CC(=O)C(C2=CC(=O)C(OC)=CC2=O)=CC1=O. The summed E-state index contributed by atoms with van der Waals surface area (Å²) in [4.78, 5) is 47.1. The topological polar surface area (TPSA) is 86.7 Å². The van der Waals surface area contributed by atoms with Gasteiger partial charge in [-0.3, -0.25) is 19.2 Å². The molecule has 2 rings (SSSR count). The van der Waals surface area contributed by atoms with E-state index >= 15 is 0 Å². The van der Waals surface area contributed by atoms with Gasteiger partial charge in [0.1, 0.15) is 0 Å². The van der Waals surface area contributed by atoms with Gasteiger partial charge in [0.15, 0.2) is 23.1 Å². The van der Waals surface area contributed by atoms with Crippen molar-refractivity contribution in [1.82, 2.24) is 0 Å². The Labute approximate surface area is 114 Å². The molecule has 102 valence electrons. The van der Waals surface area contributed by atoms with Gasteiger partial charge < -0.3 is 9.47 Å². The predicted octanol–water partition coefficient (Wildman–Crippen LogP) is 0.203. The zero-order chi connectivity index (χ0) is 14.9. The molecule has 0 aliphatic heterocycles. The molecule has 0 heterocycles. The van der Waals surface area contributed by atoms with Crippen molar-refractivity contribution in [2.75, 3.05) is 14.2 Å². The van der Waals surface area contributed by atoms with Crippen molar-refractivity contribution in [3.63, 3.8) is 0 Å². The minimum Gasteiger partial charge on any atom is -0.493 e.